The molecule has 0 aliphatic heterocycles. The summed E-state index contributed by atoms with van der Waals surface area (Å²) in [5, 5.41) is 18.7. The lowest BCUT2D eigenvalue weighted by Crippen LogP contribution is -2.04. The minimum Gasteiger partial charge on any atom is -0.476 e. The monoisotopic (exact) mass is 282 g/mol. The van der Waals surface area contributed by atoms with Crippen molar-refractivity contribution in [3.8, 4) is 0 Å². The molecule has 0 saturated carbocycles. The Kier molecular flexibility index (Phi) is 3.52. The van der Waals surface area contributed by atoms with Gasteiger partial charge >= 0.3 is 5.97 Å². The Hall–Kier alpha value is -2.35. The molecule has 3 N–H and O–H groups in total. The molecule has 2 aromatic rings. The average molecular weight is 283 g/mol. The van der Waals surface area contributed by atoms with Gasteiger partial charge in [-0.3, -0.25) is 4.68 Å². The summed E-state index contributed by atoms with van der Waals surface area (Å²) in [6.07, 6.45) is 1.44. The number of carboxylic acid groups (broad SMARTS) is 1. The van der Waals surface area contributed by atoms with Crippen LogP contribution in [0.2, 0.25) is 5.02 Å². The third-order valence-corrected chi connectivity index (χ3v) is 2.60. The summed E-state index contributed by atoms with van der Waals surface area (Å²) in [5.41, 5.74) is -0.0622. The number of rotatable bonds is 4. The van der Waals surface area contributed by atoms with Crippen molar-refractivity contribution in [1.82, 2.24) is 19.7 Å². The fourth-order valence-electron chi connectivity index (χ4n) is 1.41. The van der Waals surface area contributed by atoms with Crippen LogP contribution < -0.4 is 10.6 Å². The van der Waals surface area contributed by atoms with E-state index in [0.29, 0.717) is 16.7 Å². The highest BCUT2D eigenvalue weighted by Crippen LogP contribution is 2.20. The largest absolute Gasteiger partial charge is 0.476 e. The van der Waals surface area contributed by atoms with Crippen LogP contribution in [0.25, 0.3) is 0 Å². The second kappa shape index (κ2) is 5.11. The number of carbonyl (C=O) groups is 1. The molecule has 19 heavy (non-hydrogen) atoms. The lowest BCUT2D eigenvalue weighted by Gasteiger charge is -2.07. The predicted octanol–water partition coefficient (Wildman–Crippen LogP) is 1.35. The van der Waals surface area contributed by atoms with Gasteiger partial charge in [0.25, 0.3) is 0 Å². The first-order chi connectivity index (χ1) is 9.01. The second-order valence-corrected chi connectivity index (χ2v) is 4.02. The van der Waals surface area contributed by atoms with Crippen molar-refractivity contribution in [3.05, 3.63) is 23.0 Å². The number of halogens is 1. The normalized spacial score (nSPS) is 10.3. The maximum Gasteiger partial charge on any atom is 0.356 e. The van der Waals surface area contributed by atoms with Crippen LogP contribution in [0.15, 0.2) is 12.3 Å². The lowest BCUT2D eigenvalue weighted by molar-refractivity contribution is 0.0689. The Bertz CT molecular complexity index is 626. The molecule has 9 heteroatoms. The first-order valence-corrected chi connectivity index (χ1v) is 5.63. The Morgan fingerprint density at radius 2 is 2.26 bits per heavy atom. The van der Waals surface area contributed by atoms with Gasteiger partial charge in [0, 0.05) is 20.2 Å². The predicted molar refractivity (Wildman–Crippen MR) is 70.0 cm³/mol. The van der Waals surface area contributed by atoms with Gasteiger partial charge in [-0.2, -0.15) is 10.1 Å². The molecular formula is C10H11ClN6O2. The molecule has 0 bridgehead atoms. The zero-order valence-corrected chi connectivity index (χ0v) is 10.9. The molecule has 0 unspecified atom stereocenters. The highest BCUT2D eigenvalue weighted by molar-refractivity contribution is 6.32. The smallest absolute Gasteiger partial charge is 0.356 e. The standard InChI is InChI=1S/C10H11ClN6O2/c1-12-8-5(11)4-13-10(15-8)14-7-3-6(9(18)19)16-17(7)2/h3-4H,1-2H3,(H,18,19)(H2,12,13,14,15). The molecule has 0 fully saturated rings. The molecule has 0 amide bonds. The van der Waals surface area contributed by atoms with Gasteiger partial charge in [-0.15, -0.1) is 0 Å². The quantitative estimate of drug-likeness (QED) is 0.777. The van der Waals surface area contributed by atoms with E-state index in [1.165, 1.54) is 16.9 Å². The van der Waals surface area contributed by atoms with Gasteiger partial charge in [-0.25, -0.2) is 9.78 Å². The molecule has 8 nitrogen and oxygen atoms in total. The van der Waals surface area contributed by atoms with Gasteiger partial charge in [0.05, 0.1) is 6.20 Å². The molecular weight excluding hydrogens is 272 g/mol. The lowest BCUT2D eigenvalue weighted by atomic mass is 10.4. The van der Waals surface area contributed by atoms with Crippen LogP contribution in [-0.4, -0.2) is 37.9 Å². The number of aryl methyl sites for hydroxylation is 1. The molecule has 0 aromatic carbocycles. The van der Waals surface area contributed by atoms with E-state index in [1.54, 1.807) is 14.1 Å². The van der Waals surface area contributed by atoms with Crippen molar-refractivity contribution in [2.45, 2.75) is 0 Å². The summed E-state index contributed by atoms with van der Waals surface area (Å²) >= 11 is 5.87. The summed E-state index contributed by atoms with van der Waals surface area (Å²) in [6, 6.07) is 1.39. The fourth-order valence-corrected chi connectivity index (χ4v) is 1.59. The summed E-state index contributed by atoms with van der Waals surface area (Å²) in [5.74, 6) is 0.117. The number of nitrogens with zero attached hydrogens (tertiary/aromatic N) is 4. The van der Waals surface area contributed by atoms with E-state index in [1.807, 2.05) is 0 Å². The molecule has 2 rings (SSSR count). The van der Waals surface area contributed by atoms with Crippen LogP contribution in [0.5, 0.6) is 0 Å². The first kappa shape index (κ1) is 13.1. The van der Waals surface area contributed by atoms with Crippen LogP contribution in [-0.2, 0) is 7.05 Å². The number of aromatic nitrogens is 4. The number of hydrogen-bond acceptors (Lipinski definition) is 6. The van der Waals surface area contributed by atoms with Crippen molar-refractivity contribution in [2.75, 3.05) is 17.7 Å². The summed E-state index contributed by atoms with van der Waals surface area (Å²) in [7, 11) is 3.30. The highest BCUT2D eigenvalue weighted by Gasteiger charge is 2.12. The van der Waals surface area contributed by atoms with Gasteiger partial charge < -0.3 is 15.7 Å². The Morgan fingerprint density at radius 1 is 1.53 bits per heavy atom. The molecule has 100 valence electrons. The molecule has 0 atom stereocenters. The van der Waals surface area contributed by atoms with Gasteiger partial charge in [-0.1, -0.05) is 11.6 Å². The molecule has 0 radical (unpaired) electrons. The van der Waals surface area contributed by atoms with Gasteiger partial charge in [0.15, 0.2) is 5.69 Å². The third-order valence-electron chi connectivity index (χ3n) is 2.32. The maximum absolute atomic E-state index is 10.8. The van der Waals surface area contributed by atoms with Crippen molar-refractivity contribution in [3.63, 3.8) is 0 Å². The summed E-state index contributed by atoms with van der Waals surface area (Å²) in [6.45, 7) is 0. The van der Waals surface area contributed by atoms with Crippen molar-refractivity contribution in [1.29, 1.82) is 0 Å². The van der Waals surface area contributed by atoms with Crippen molar-refractivity contribution < 1.29 is 9.90 Å². The second-order valence-electron chi connectivity index (χ2n) is 3.61. The van der Waals surface area contributed by atoms with E-state index in [0.717, 1.165) is 0 Å². The first-order valence-electron chi connectivity index (χ1n) is 5.26. The topological polar surface area (TPSA) is 105 Å². The summed E-state index contributed by atoms with van der Waals surface area (Å²) < 4.78 is 1.39. The number of aromatic carboxylic acids is 1. The number of hydrogen-bond donors (Lipinski definition) is 3. The fraction of sp³-hybridized carbons (Fsp3) is 0.200. The zero-order chi connectivity index (χ0) is 14.0. The SMILES string of the molecule is CNc1nc(Nc2cc(C(=O)O)nn2C)ncc1Cl. The number of carboxylic acids is 1. The molecule has 0 spiro atoms. The molecule has 0 saturated heterocycles. The van der Waals surface area contributed by atoms with Crippen LogP contribution >= 0.6 is 11.6 Å². The van der Waals surface area contributed by atoms with E-state index in [4.69, 9.17) is 16.7 Å². The Balaban J connectivity index is 2.28. The third kappa shape index (κ3) is 2.74. The van der Waals surface area contributed by atoms with Crippen LogP contribution in [0.4, 0.5) is 17.6 Å². The molecule has 0 aliphatic rings. The molecule has 0 aliphatic carbocycles. The minimum absolute atomic E-state index is 0.0622. The molecule has 2 aromatic heterocycles. The summed E-state index contributed by atoms with van der Waals surface area (Å²) in [4.78, 5) is 18.9. The maximum atomic E-state index is 10.8. The highest BCUT2D eigenvalue weighted by atomic mass is 35.5. The molecule has 2 heterocycles. The Morgan fingerprint density at radius 3 is 2.84 bits per heavy atom. The van der Waals surface area contributed by atoms with Crippen molar-refractivity contribution >= 4 is 35.2 Å². The van der Waals surface area contributed by atoms with E-state index in [-0.39, 0.29) is 11.6 Å². The number of nitrogens with one attached hydrogen (secondary N) is 2. The zero-order valence-electron chi connectivity index (χ0n) is 10.2. The van der Waals surface area contributed by atoms with E-state index >= 15 is 0 Å². The average Bonchev–Trinajstić information content (AvgIpc) is 2.73. The van der Waals surface area contributed by atoms with Crippen LogP contribution in [0.3, 0.4) is 0 Å². The van der Waals surface area contributed by atoms with E-state index in [9.17, 15) is 4.79 Å². The van der Waals surface area contributed by atoms with Crippen molar-refractivity contribution in [2.24, 2.45) is 7.05 Å². The number of anilines is 3. The van der Waals surface area contributed by atoms with Gasteiger partial charge in [0.2, 0.25) is 5.95 Å². The van der Waals surface area contributed by atoms with Gasteiger partial charge in [-0.05, 0) is 0 Å². The van der Waals surface area contributed by atoms with E-state index < -0.39 is 5.97 Å². The Labute approximate surface area is 113 Å². The minimum atomic E-state index is -1.10. The van der Waals surface area contributed by atoms with Gasteiger partial charge in [0.1, 0.15) is 16.7 Å². The van der Waals surface area contributed by atoms with E-state index in [2.05, 4.69) is 25.7 Å². The van der Waals surface area contributed by atoms with Crippen LogP contribution in [0, 0.1) is 0 Å². The van der Waals surface area contributed by atoms with Crippen LogP contribution in [0.1, 0.15) is 10.5 Å².